The highest BCUT2D eigenvalue weighted by Crippen LogP contribution is 2.17. The van der Waals surface area contributed by atoms with Crippen molar-refractivity contribution >= 4 is 15.9 Å². The molecule has 0 spiro atoms. The predicted octanol–water partition coefficient (Wildman–Crippen LogP) is 2.60. The number of amides is 1. The van der Waals surface area contributed by atoms with Gasteiger partial charge in [-0.15, -0.1) is 0 Å². The highest BCUT2D eigenvalue weighted by Gasteiger charge is 2.16. The summed E-state index contributed by atoms with van der Waals surface area (Å²) in [5.74, 6) is 0.656. The van der Waals surface area contributed by atoms with Gasteiger partial charge in [-0.1, -0.05) is 38.1 Å². The van der Waals surface area contributed by atoms with Crippen LogP contribution < -0.4 is 14.8 Å². The van der Waals surface area contributed by atoms with Gasteiger partial charge >= 0.3 is 0 Å². The van der Waals surface area contributed by atoms with Gasteiger partial charge in [-0.25, -0.2) is 13.1 Å². The van der Waals surface area contributed by atoms with Crippen molar-refractivity contribution in [3.05, 3.63) is 59.7 Å². The van der Waals surface area contributed by atoms with E-state index in [0.29, 0.717) is 25.1 Å². The Labute approximate surface area is 161 Å². The van der Waals surface area contributed by atoms with Crippen LogP contribution in [0.25, 0.3) is 0 Å². The van der Waals surface area contributed by atoms with Gasteiger partial charge in [-0.3, -0.25) is 4.79 Å². The van der Waals surface area contributed by atoms with Crippen LogP contribution in [-0.4, -0.2) is 34.5 Å². The van der Waals surface area contributed by atoms with Crippen LogP contribution in [0.3, 0.4) is 0 Å². The van der Waals surface area contributed by atoms with Crippen LogP contribution in [0.2, 0.25) is 0 Å². The average Bonchev–Trinajstić information content (AvgIpc) is 2.67. The van der Waals surface area contributed by atoms with E-state index in [9.17, 15) is 13.2 Å². The summed E-state index contributed by atoms with van der Waals surface area (Å²) in [6.07, 6.45) is 0.615. The second-order valence-corrected chi connectivity index (χ2v) is 8.36. The summed E-state index contributed by atoms with van der Waals surface area (Å²) in [7, 11) is -2.02. The molecule has 146 valence electrons. The largest absolute Gasteiger partial charge is 0.496 e. The first-order valence-corrected chi connectivity index (χ1v) is 10.3. The lowest BCUT2D eigenvalue weighted by Crippen LogP contribution is -2.28. The molecular weight excluding hydrogens is 364 g/mol. The molecule has 0 aliphatic heterocycles. The molecule has 0 unspecified atom stereocenters. The molecule has 0 fully saturated rings. The predicted molar refractivity (Wildman–Crippen MR) is 105 cm³/mol. The zero-order valence-electron chi connectivity index (χ0n) is 15.9. The van der Waals surface area contributed by atoms with Gasteiger partial charge in [0.15, 0.2) is 0 Å². The van der Waals surface area contributed by atoms with Crippen LogP contribution >= 0.6 is 0 Å². The molecule has 0 saturated heterocycles. The van der Waals surface area contributed by atoms with Crippen LogP contribution in [0.15, 0.2) is 53.4 Å². The van der Waals surface area contributed by atoms with E-state index in [2.05, 4.69) is 10.0 Å². The van der Waals surface area contributed by atoms with Crippen molar-refractivity contribution in [2.75, 3.05) is 20.2 Å². The van der Waals surface area contributed by atoms with Crippen molar-refractivity contribution in [3.8, 4) is 5.75 Å². The van der Waals surface area contributed by atoms with Gasteiger partial charge in [0.1, 0.15) is 5.75 Å². The molecule has 0 aromatic heterocycles. The molecule has 0 aliphatic carbocycles. The lowest BCUT2D eigenvalue weighted by molar-refractivity contribution is 0.0954. The number of methoxy groups -OCH3 is 1. The van der Waals surface area contributed by atoms with Crippen molar-refractivity contribution in [2.45, 2.75) is 25.2 Å². The van der Waals surface area contributed by atoms with Crippen LogP contribution in [0.5, 0.6) is 5.75 Å². The number of sulfonamides is 1. The van der Waals surface area contributed by atoms with Crippen LogP contribution in [0, 0.1) is 5.92 Å². The molecule has 0 aliphatic rings. The SMILES string of the molecule is COc1ccccc1CCNC(=O)c1cccc(S(=O)(=O)NCC(C)C)c1. The zero-order valence-corrected chi connectivity index (χ0v) is 16.7. The lowest BCUT2D eigenvalue weighted by atomic mass is 10.1. The summed E-state index contributed by atoms with van der Waals surface area (Å²) in [6, 6.07) is 13.7. The second kappa shape index (κ2) is 9.53. The van der Waals surface area contributed by atoms with Gasteiger partial charge in [0.05, 0.1) is 12.0 Å². The zero-order chi connectivity index (χ0) is 19.9. The highest BCUT2D eigenvalue weighted by atomic mass is 32.2. The van der Waals surface area contributed by atoms with Gasteiger partial charge < -0.3 is 10.1 Å². The Hall–Kier alpha value is -2.38. The lowest BCUT2D eigenvalue weighted by Gasteiger charge is -2.11. The number of nitrogens with one attached hydrogen (secondary N) is 2. The van der Waals surface area contributed by atoms with Crippen LogP contribution in [0.4, 0.5) is 0 Å². The minimum atomic E-state index is -3.63. The molecule has 1 amide bonds. The monoisotopic (exact) mass is 390 g/mol. The molecule has 2 N–H and O–H groups in total. The van der Waals surface area contributed by atoms with Gasteiger partial charge in [0, 0.05) is 18.7 Å². The average molecular weight is 391 g/mol. The molecule has 0 heterocycles. The summed E-state index contributed by atoms with van der Waals surface area (Å²) in [5.41, 5.74) is 1.30. The number of carbonyl (C=O) groups excluding carboxylic acids is 1. The van der Waals surface area contributed by atoms with E-state index in [1.807, 2.05) is 38.1 Å². The van der Waals surface area contributed by atoms with Crippen molar-refractivity contribution in [3.63, 3.8) is 0 Å². The van der Waals surface area contributed by atoms with Gasteiger partial charge in [-0.05, 0) is 42.2 Å². The molecule has 27 heavy (non-hydrogen) atoms. The summed E-state index contributed by atoms with van der Waals surface area (Å²) < 4.78 is 32.5. The number of para-hydroxylation sites is 1. The maximum absolute atomic E-state index is 12.4. The fourth-order valence-electron chi connectivity index (χ4n) is 2.49. The molecule has 0 saturated carbocycles. The molecule has 2 rings (SSSR count). The quantitative estimate of drug-likeness (QED) is 0.689. The van der Waals surface area contributed by atoms with E-state index < -0.39 is 10.0 Å². The molecular formula is C20H26N2O4S. The van der Waals surface area contributed by atoms with E-state index in [-0.39, 0.29) is 16.7 Å². The fourth-order valence-corrected chi connectivity index (χ4v) is 3.75. The first-order valence-electron chi connectivity index (χ1n) is 8.83. The Balaban J connectivity index is 2.00. The summed E-state index contributed by atoms with van der Waals surface area (Å²) in [4.78, 5) is 12.5. The van der Waals surface area contributed by atoms with Crippen molar-refractivity contribution in [1.82, 2.24) is 10.0 Å². The van der Waals surface area contributed by atoms with E-state index in [4.69, 9.17) is 4.74 Å². The number of benzene rings is 2. The first-order chi connectivity index (χ1) is 12.8. The number of carbonyl (C=O) groups is 1. The maximum atomic E-state index is 12.4. The number of rotatable bonds is 9. The number of hydrogen-bond acceptors (Lipinski definition) is 4. The highest BCUT2D eigenvalue weighted by molar-refractivity contribution is 7.89. The van der Waals surface area contributed by atoms with Crippen LogP contribution in [0.1, 0.15) is 29.8 Å². The van der Waals surface area contributed by atoms with Gasteiger partial charge in [-0.2, -0.15) is 0 Å². The van der Waals surface area contributed by atoms with Crippen molar-refractivity contribution in [2.24, 2.45) is 5.92 Å². The molecule has 0 atom stereocenters. The Morgan fingerprint density at radius 3 is 2.56 bits per heavy atom. The van der Waals surface area contributed by atoms with Gasteiger partial charge in [0.2, 0.25) is 10.0 Å². The Morgan fingerprint density at radius 1 is 1.11 bits per heavy atom. The third-order valence-corrected chi connectivity index (χ3v) is 5.38. The van der Waals surface area contributed by atoms with E-state index in [1.165, 1.54) is 12.1 Å². The van der Waals surface area contributed by atoms with Crippen LogP contribution in [-0.2, 0) is 16.4 Å². The molecule has 6 nitrogen and oxygen atoms in total. The number of ether oxygens (including phenoxy) is 1. The minimum Gasteiger partial charge on any atom is -0.496 e. The number of hydrogen-bond donors (Lipinski definition) is 2. The Bertz CT molecular complexity index is 879. The third-order valence-electron chi connectivity index (χ3n) is 3.96. The Morgan fingerprint density at radius 2 is 1.85 bits per heavy atom. The van der Waals surface area contributed by atoms with E-state index in [0.717, 1.165) is 11.3 Å². The topological polar surface area (TPSA) is 84.5 Å². The molecule has 0 radical (unpaired) electrons. The molecule has 0 bridgehead atoms. The summed E-state index contributed by atoms with van der Waals surface area (Å²) >= 11 is 0. The molecule has 2 aromatic carbocycles. The van der Waals surface area contributed by atoms with E-state index >= 15 is 0 Å². The standard InChI is InChI=1S/C20H26N2O4S/c1-15(2)14-22-27(24,25)18-9-6-8-17(13-18)20(23)21-12-11-16-7-4-5-10-19(16)26-3/h4-10,13,15,22H,11-12,14H2,1-3H3,(H,21,23). The fraction of sp³-hybridized carbons (Fsp3) is 0.350. The van der Waals surface area contributed by atoms with Gasteiger partial charge in [0.25, 0.3) is 5.91 Å². The minimum absolute atomic E-state index is 0.0838. The smallest absolute Gasteiger partial charge is 0.251 e. The Kier molecular flexibility index (Phi) is 7.38. The van der Waals surface area contributed by atoms with Crippen molar-refractivity contribution in [1.29, 1.82) is 0 Å². The van der Waals surface area contributed by atoms with Crippen molar-refractivity contribution < 1.29 is 17.9 Å². The molecule has 7 heteroatoms. The maximum Gasteiger partial charge on any atom is 0.251 e. The third kappa shape index (κ3) is 6.08. The van der Waals surface area contributed by atoms with E-state index in [1.54, 1.807) is 19.2 Å². The molecule has 2 aromatic rings. The first kappa shape index (κ1) is 20.9. The summed E-state index contributed by atoms with van der Waals surface area (Å²) in [6.45, 7) is 4.61. The second-order valence-electron chi connectivity index (χ2n) is 6.59. The summed E-state index contributed by atoms with van der Waals surface area (Å²) in [5, 5.41) is 2.82. The normalized spacial score (nSPS) is 11.4.